The Kier molecular flexibility index (Phi) is 2.93. The van der Waals surface area contributed by atoms with Crippen molar-refractivity contribution in [1.82, 2.24) is 4.98 Å². The van der Waals surface area contributed by atoms with Crippen molar-refractivity contribution in [3.8, 4) is 0 Å². The number of nitrogens with zero attached hydrogens (tertiary/aromatic N) is 1. The topological polar surface area (TPSA) is 34.2 Å². The van der Waals surface area contributed by atoms with Gasteiger partial charge in [0.15, 0.2) is 11.6 Å². The SMILES string of the molecule is Fc1cccnc1NCC1CCOC1. The van der Waals surface area contributed by atoms with Crippen LogP contribution in [0, 0.1) is 11.7 Å². The molecule has 2 heterocycles. The standard InChI is InChI=1S/C10H13FN2O/c11-9-2-1-4-12-10(9)13-6-8-3-5-14-7-8/h1-2,4,8H,3,5-7H2,(H,12,13). The minimum absolute atomic E-state index is 0.300. The Labute approximate surface area is 82.3 Å². The first-order chi connectivity index (χ1) is 6.86. The average molecular weight is 196 g/mol. The lowest BCUT2D eigenvalue weighted by Crippen LogP contribution is -2.15. The maximum Gasteiger partial charge on any atom is 0.165 e. The predicted octanol–water partition coefficient (Wildman–Crippen LogP) is 1.67. The second-order valence-electron chi connectivity index (χ2n) is 3.44. The highest BCUT2D eigenvalue weighted by molar-refractivity contribution is 5.35. The summed E-state index contributed by atoms with van der Waals surface area (Å²) in [6.45, 7) is 2.31. The van der Waals surface area contributed by atoms with Crippen LogP contribution in [0.2, 0.25) is 0 Å². The van der Waals surface area contributed by atoms with E-state index in [0.717, 1.165) is 26.2 Å². The molecule has 0 radical (unpaired) electrons. The van der Waals surface area contributed by atoms with Crippen LogP contribution >= 0.6 is 0 Å². The quantitative estimate of drug-likeness (QED) is 0.798. The molecule has 1 aromatic heterocycles. The number of anilines is 1. The maximum absolute atomic E-state index is 13.1. The van der Waals surface area contributed by atoms with Crippen LogP contribution in [0.15, 0.2) is 18.3 Å². The molecule has 0 bridgehead atoms. The van der Waals surface area contributed by atoms with Crippen LogP contribution in [0.4, 0.5) is 10.2 Å². The van der Waals surface area contributed by atoms with Gasteiger partial charge in [0.2, 0.25) is 0 Å². The molecule has 0 aliphatic carbocycles. The van der Waals surface area contributed by atoms with Gasteiger partial charge in [-0.1, -0.05) is 0 Å². The van der Waals surface area contributed by atoms with Crippen molar-refractivity contribution < 1.29 is 9.13 Å². The van der Waals surface area contributed by atoms with Crippen molar-refractivity contribution in [2.75, 3.05) is 25.1 Å². The lowest BCUT2D eigenvalue weighted by molar-refractivity contribution is 0.187. The highest BCUT2D eigenvalue weighted by Crippen LogP contribution is 2.14. The summed E-state index contributed by atoms with van der Waals surface area (Å²) < 4.78 is 18.3. The fourth-order valence-electron chi connectivity index (χ4n) is 1.50. The van der Waals surface area contributed by atoms with Gasteiger partial charge >= 0.3 is 0 Å². The lowest BCUT2D eigenvalue weighted by Gasteiger charge is -2.09. The number of aromatic nitrogens is 1. The van der Waals surface area contributed by atoms with E-state index in [2.05, 4.69) is 10.3 Å². The lowest BCUT2D eigenvalue weighted by atomic mass is 10.1. The molecule has 3 nitrogen and oxygen atoms in total. The molecule has 1 aliphatic rings. The number of hydrogen-bond donors (Lipinski definition) is 1. The molecule has 76 valence electrons. The monoisotopic (exact) mass is 196 g/mol. The summed E-state index contributed by atoms with van der Waals surface area (Å²) >= 11 is 0. The van der Waals surface area contributed by atoms with Crippen molar-refractivity contribution in [1.29, 1.82) is 0 Å². The molecule has 1 unspecified atom stereocenters. The Hall–Kier alpha value is -1.16. The molecular formula is C10H13FN2O. The van der Waals surface area contributed by atoms with E-state index in [1.165, 1.54) is 6.07 Å². The smallest absolute Gasteiger partial charge is 0.165 e. The van der Waals surface area contributed by atoms with E-state index in [0.29, 0.717) is 11.7 Å². The van der Waals surface area contributed by atoms with Crippen molar-refractivity contribution in [2.24, 2.45) is 5.92 Å². The summed E-state index contributed by atoms with van der Waals surface area (Å²) in [5, 5.41) is 2.99. The molecule has 4 heteroatoms. The normalized spacial score (nSPS) is 21.1. The Bertz CT molecular complexity index is 300. The van der Waals surface area contributed by atoms with Crippen molar-refractivity contribution in [2.45, 2.75) is 6.42 Å². The van der Waals surface area contributed by atoms with E-state index in [1.807, 2.05) is 0 Å². The molecule has 0 spiro atoms. The molecule has 1 fully saturated rings. The summed E-state index contributed by atoms with van der Waals surface area (Å²) in [7, 11) is 0. The third kappa shape index (κ3) is 2.20. The fourth-order valence-corrected chi connectivity index (χ4v) is 1.50. The zero-order valence-corrected chi connectivity index (χ0v) is 7.87. The summed E-state index contributed by atoms with van der Waals surface area (Å²) in [4.78, 5) is 3.91. The number of rotatable bonds is 3. The molecule has 0 amide bonds. The van der Waals surface area contributed by atoms with Gasteiger partial charge in [-0.25, -0.2) is 9.37 Å². The fraction of sp³-hybridized carbons (Fsp3) is 0.500. The number of ether oxygens (including phenoxy) is 1. The minimum Gasteiger partial charge on any atom is -0.381 e. The largest absolute Gasteiger partial charge is 0.381 e. The Morgan fingerprint density at radius 2 is 2.57 bits per heavy atom. The average Bonchev–Trinajstić information content (AvgIpc) is 2.69. The number of hydrogen-bond acceptors (Lipinski definition) is 3. The molecular weight excluding hydrogens is 183 g/mol. The molecule has 0 aromatic carbocycles. The summed E-state index contributed by atoms with van der Waals surface area (Å²) in [6.07, 6.45) is 2.62. The highest BCUT2D eigenvalue weighted by Gasteiger charge is 2.15. The molecule has 0 saturated carbocycles. The summed E-state index contributed by atoms with van der Waals surface area (Å²) in [6, 6.07) is 2.99. The molecule has 2 rings (SSSR count). The van der Waals surface area contributed by atoms with E-state index in [1.54, 1.807) is 12.3 Å². The second-order valence-corrected chi connectivity index (χ2v) is 3.44. The number of nitrogens with one attached hydrogen (secondary N) is 1. The van der Waals surface area contributed by atoms with Crippen LogP contribution in [0.3, 0.4) is 0 Å². The summed E-state index contributed by atoms with van der Waals surface area (Å²) in [5.74, 6) is 0.516. The van der Waals surface area contributed by atoms with Crippen LogP contribution in [-0.4, -0.2) is 24.7 Å². The van der Waals surface area contributed by atoms with Crippen molar-refractivity contribution >= 4 is 5.82 Å². The Morgan fingerprint density at radius 3 is 3.29 bits per heavy atom. The van der Waals surface area contributed by atoms with Crippen LogP contribution in [0.5, 0.6) is 0 Å². The van der Waals surface area contributed by atoms with Gasteiger partial charge in [-0.05, 0) is 18.6 Å². The van der Waals surface area contributed by atoms with Crippen LogP contribution in [0.25, 0.3) is 0 Å². The van der Waals surface area contributed by atoms with Crippen molar-refractivity contribution in [3.05, 3.63) is 24.1 Å². The molecule has 1 N–H and O–H groups in total. The van der Waals surface area contributed by atoms with E-state index in [4.69, 9.17) is 4.74 Å². The first kappa shape index (κ1) is 9.40. The molecule has 1 aromatic rings. The number of halogens is 1. The predicted molar refractivity (Wildman–Crippen MR) is 51.6 cm³/mol. The minimum atomic E-state index is -0.300. The van der Waals surface area contributed by atoms with Crippen LogP contribution in [-0.2, 0) is 4.74 Å². The van der Waals surface area contributed by atoms with Gasteiger partial charge in [0.05, 0.1) is 6.61 Å². The van der Waals surface area contributed by atoms with Gasteiger partial charge in [-0.3, -0.25) is 0 Å². The van der Waals surface area contributed by atoms with Crippen LogP contribution < -0.4 is 5.32 Å². The van der Waals surface area contributed by atoms with E-state index >= 15 is 0 Å². The van der Waals surface area contributed by atoms with Gasteiger partial charge in [-0.15, -0.1) is 0 Å². The number of pyridine rings is 1. The second kappa shape index (κ2) is 4.37. The van der Waals surface area contributed by atoms with Crippen LogP contribution in [0.1, 0.15) is 6.42 Å². The third-order valence-electron chi connectivity index (χ3n) is 2.34. The molecule has 1 aliphatic heterocycles. The Morgan fingerprint density at radius 1 is 1.64 bits per heavy atom. The molecule has 14 heavy (non-hydrogen) atoms. The molecule has 1 saturated heterocycles. The van der Waals surface area contributed by atoms with Gasteiger partial charge in [0, 0.05) is 25.3 Å². The maximum atomic E-state index is 13.1. The molecule has 1 atom stereocenters. The van der Waals surface area contributed by atoms with Gasteiger partial charge in [0.25, 0.3) is 0 Å². The van der Waals surface area contributed by atoms with Gasteiger partial charge in [-0.2, -0.15) is 0 Å². The van der Waals surface area contributed by atoms with Gasteiger partial charge < -0.3 is 10.1 Å². The summed E-state index contributed by atoms with van der Waals surface area (Å²) in [5.41, 5.74) is 0. The zero-order chi connectivity index (χ0) is 9.80. The van der Waals surface area contributed by atoms with Gasteiger partial charge in [0.1, 0.15) is 0 Å². The van der Waals surface area contributed by atoms with E-state index in [-0.39, 0.29) is 5.82 Å². The third-order valence-corrected chi connectivity index (χ3v) is 2.34. The Balaban J connectivity index is 1.88. The van der Waals surface area contributed by atoms with E-state index in [9.17, 15) is 4.39 Å². The van der Waals surface area contributed by atoms with Crippen molar-refractivity contribution in [3.63, 3.8) is 0 Å². The first-order valence-electron chi connectivity index (χ1n) is 4.78. The first-order valence-corrected chi connectivity index (χ1v) is 4.78. The van der Waals surface area contributed by atoms with E-state index < -0.39 is 0 Å². The highest BCUT2D eigenvalue weighted by atomic mass is 19.1. The zero-order valence-electron chi connectivity index (χ0n) is 7.87.